The van der Waals surface area contributed by atoms with Gasteiger partial charge in [0.2, 0.25) is 0 Å². The van der Waals surface area contributed by atoms with Crippen molar-refractivity contribution in [2.45, 2.75) is 76.2 Å². The van der Waals surface area contributed by atoms with E-state index in [4.69, 9.17) is 0 Å². The van der Waals surface area contributed by atoms with Crippen LogP contribution in [-0.4, -0.2) is 41.6 Å². The lowest BCUT2D eigenvalue weighted by atomic mass is 9.82. The maximum absolute atomic E-state index is 14.3. The summed E-state index contributed by atoms with van der Waals surface area (Å²) in [6.45, 7) is 0.0284. The third-order valence-electron chi connectivity index (χ3n) is 3.61. The maximum Gasteiger partial charge on any atom is 0.459 e. The molecule has 0 rings (SSSR count). The number of hydrogen-bond donors (Lipinski definition) is 0. The Morgan fingerprint density at radius 1 is 0.444 bits per heavy atom. The van der Waals surface area contributed by atoms with E-state index in [9.17, 15) is 57.1 Å². The molecule has 0 aromatic heterocycles. The predicted octanol–water partition coefficient (Wildman–Crippen LogP) is 6.52. The molecule has 0 heterocycles. The largest absolute Gasteiger partial charge is 0.459 e. The summed E-state index contributed by atoms with van der Waals surface area (Å²) in [5.41, 5.74) is -7.64. The number of rotatable bonds is 5. The lowest BCUT2D eigenvalue weighted by Gasteiger charge is -2.47. The van der Waals surface area contributed by atoms with E-state index in [0.717, 1.165) is 0 Å². The molecule has 0 N–H and O–H groups in total. The minimum Gasteiger partial charge on any atom is -0.321 e. The monoisotopic (exact) mass is 434 g/mol. The van der Waals surface area contributed by atoms with Gasteiger partial charge < -0.3 is 4.74 Å². The minimum absolute atomic E-state index is 0.339. The first-order valence-corrected chi connectivity index (χ1v) is 6.87. The van der Waals surface area contributed by atoms with Crippen molar-refractivity contribution in [2.24, 2.45) is 5.41 Å². The molecular weight excluding hydrogens is 419 g/mol. The lowest BCUT2D eigenvalue weighted by Crippen LogP contribution is -2.70. The van der Waals surface area contributed by atoms with Crippen LogP contribution >= 0.6 is 0 Å². The SMILES string of the molecule is CC(C)(C)C(F)(F)C(F)(OC(C)(C)C(F)(F)C(F)(F)C(F)(F)F)C(F)(F)F. The fourth-order valence-electron chi connectivity index (χ4n) is 1.75. The first-order chi connectivity index (χ1) is 11.2. The number of hydrogen-bond acceptors (Lipinski definition) is 1. The predicted molar refractivity (Wildman–Crippen MR) is 65.4 cm³/mol. The van der Waals surface area contributed by atoms with E-state index in [-0.39, 0.29) is 0 Å². The van der Waals surface area contributed by atoms with Crippen LogP contribution in [0.5, 0.6) is 0 Å². The van der Waals surface area contributed by atoms with Crippen LogP contribution in [0, 0.1) is 5.41 Å². The van der Waals surface area contributed by atoms with Crippen molar-refractivity contribution in [1.29, 1.82) is 0 Å². The van der Waals surface area contributed by atoms with E-state index in [1.807, 2.05) is 0 Å². The summed E-state index contributed by atoms with van der Waals surface area (Å²) in [7, 11) is 0. The molecule has 1 nitrogen and oxygen atoms in total. The van der Waals surface area contributed by atoms with Crippen LogP contribution in [0.1, 0.15) is 34.6 Å². The second-order valence-corrected chi connectivity index (χ2v) is 7.18. The zero-order valence-corrected chi connectivity index (χ0v) is 14.3. The van der Waals surface area contributed by atoms with Gasteiger partial charge in [0.15, 0.2) is 0 Å². The van der Waals surface area contributed by atoms with E-state index in [0.29, 0.717) is 20.8 Å². The molecule has 1 atom stereocenters. The van der Waals surface area contributed by atoms with Crippen molar-refractivity contribution < 1.29 is 61.8 Å². The number of halogens is 13. The van der Waals surface area contributed by atoms with Crippen molar-refractivity contribution in [3.05, 3.63) is 0 Å². The van der Waals surface area contributed by atoms with E-state index < -0.39 is 60.8 Å². The molecule has 1 unspecified atom stereocenters. The summed E-state index contributed by atoms with van der Waals surface area (Å²) in [6, 6.07) is 0. The molecule has 0 saturated carbocycles. The summed E-state index contributed by atoms with van der Waals surface area (Å²) in [6.07, 6.45) is -13.8. The molecule has 0 aliphatic rings. The summed E-state index contributed by atoms with van der Waals surface area (Å²) in [5.74, 6) is -25.6. The van der Waals surface area contributed by atoms with E-state index >= 15 is 0 Å². The standard InChI is InChI=1S/C13H15F13O/c1-6(2,3)8(14,15)11(20,13(24,25)26)27-7(4,5)9(16,17)10(18,19)12(21,22)23/h1-5H3. The highest BCUT2D eigenvalue weighted by Gasteiger charge is 2.83. The van der Waals surface area contributed by atoms with Crippen LogP contribution in [0.3, 0.4) is 0 Å². The van der Waals surface area contributed by atoms with Gasteiger partial charge in [-0.3, -0.25) is 0 Å². The van der Waals surface area contributed by atoms with Crippen LogP contribution in [0.25, 0.3) is 0 Å². The zero-order chi connectivity index (χ0) is 22.7. The average molecular weight is 434 g/mol. The van der Waals surface area contributed by atoms with Crippen molar-refractivity contribution in [1.82, 2.24) is 0 Å². The Morgan fingerprint density at radius 2 is 0.778 bits per heavy atom. The Labute approximate surface area is 144 Å². The number of alkyl halides is 13. The molecule has 0 aromatic carbocycles. The summed E-state index contributed by atoms with van der Waals surface area (Å²) < 4.78 is 174. The minimum atomic E-state index is -7.02. The fourth-order valence-corrected chi connectivity index (χ4v) is 1.75. The topological polar surface area (TPSA) is 9.23 Å². The van der Waals surface area contributed by atoms with Crippen LogP contribution < -0.4 is 0 Å². The Bertz CT molecular complexity index is 538. The Kier molecular flexibility index (Phi) is 6.05. The van der Waals surface area contributed by atoms with E-state index in [1.165, 1.54) is 0 Å². The van der Waals surface area contributed by atoms with Gasteiger partial charge in [0.1, 0.15) is 5.60 Å². The van der Waals surface area contributed by atoms with Crippen molar-refractivity contribution in [3.8, 4) is 0 Å². The zero-order valence-electron chi connectivity index (χ0n) is 14.3. The van der Waals surface area contributed by atoms with Crippen LogP contribution in [0.15, 0.2) is 0 Å². The number of ether oxygens (including phenoxy) is 1. The molecule has 0 bridgehead atoms. The quantitative estimate of drug-likeness (QED) is 0.448. The van der Waals surface area contributed by atoms with Crippen molar-refractivity contribution in [2.75, 3.05) is 0 Å². The second-order valence-electron chi connectivity index (χ2n) is 7.18. The van der Waals surface area contributed by atoms with Crippen molar-refractivity contribution >= 4 is 0 Å². The molecule has 164 valence electrons. The Morgan fingerprint density at radius 3 is 1.00 bits per heavy atom. The molecule has 0 radical (unpaired) electrons. The summed E-state index contributed by atoms with van der Waals surface area (Å²) in [4.78, 5) is 0. The average Bonchev–Trinajstić information content (AvgIpc) is 2.33. The normalized spacial score (nSPS) is 18.4. The van der Waals surface area contributed by atoms with E-state index in [1.54, 1.807) is 0 Å². The van der Waals surface area contributed by atoms with Gasteiger partial charge in [0, 0.05) is 5.41 Å². The molecule has 27 heavy (non-hydrogen) atoms. The van der Waals surface area contributed by atoms with Crippen molar-refractivity contribution in [3.63, 3.8) is 0 Å². The van der Waals surface area contributed by atoms with Gasteiger partial charge in [-0.15, -0.1) is 0 Å². The molecule has 0 fully saturated rings. The molecule has 0 spiro atoms. The van der Waals surface area contributed by atoms with E-state index in [2.05, 4.69) is 4.74 Å². The highest BCUT2D eigenvalue weighted by Crippen LogP contribution is 2.59. The summed E-state index contributed by atoms with van der Waals surface area (Å²) in [5, 5.41) is 0. The highest BCUT2D eigenvalue weighted by atomic mass is 19.4. The maximum atomic E-state index is 14.3. The van der Waals surface area contributed by atoms with Gasteiger partial charge in [-0.25, -0.2) is 0 Å². The Hall–Kier alpha value is -0.950. The molecule has 0 aromatic rings. The van der Waals surface area contributed by atoms with Gasteiger partial charge >= 0.3 is 36.0 Å². The smallest absolute Gasteiger partial charge is 0.321 e. The molecule has 0 aliphatic carbocycles. The second kappa shape index (κ2) is 6.28. The fraction of sp³-hybridized carbons (Fsp3) is 1.00. The summed E-state index contributed by atoms with van der Waals surface area (Å²) >= 11 is 0. The molecule has 0 aliphatic heterocycles. The van der Waals surface area contributed by atoms with Gasteiger partial charge in [0.05, 0.1) is 0 Å². The lowest BCUT2D eigenvalue weighted by molar-refractivity contribution is -0.467. The third-order valence-corrected chi connectivity index (χ3v) is 3.61. The highest BCUT2D eigenvalue weighted by molar-refractivity contribution is 5.06. The third kappa shape index (κ3) is 3.82. The van der Waals surface area contributed by atoms with Gasteiger partial charge in [0.25, 0.3) is 0 Å². The molecule has 0 saturated heterocycles. The molecule has 14 heteroatoms. The van der Waals surface area contributed by atoms with Crippen LogP contribution in [0.4, 0.5) is 57.1 Å². The first kappa shape index (κ1) is 26.1. The van der Waals surface area contributed by atoms with Crippen LogP contribution in [0.2, 0.25) is 0 Å². The molecule has 0 amide bonds. The Balaban J connectivity index is 6.53. The van der Waals surface area contributed by atoms with Crippen LogP contribution in [-0.2, 0) is 4.74 Å². The molecular formula is C13H15F13O. The van der Waals surface area contributed by atoms with Gasteiger partial charge in [-0.1, -0.05) is 20.8 Å². The van der Waals surface area contributed by atoms with Gasteiger partial charge in [-0.05, 0) is 13.8 Å². The first-order valence-electron chi connectivity index (χ1n) is 6.87. The van der Waals surface area contributed by atoms with Gasteiger partial charge in [-0.2, -0.15) is 57.1 Å².